The van der Waals surface area contributed by atoms with Crippen LogP contribution >= 0.6 is 0 Å². The van der Waals surface area contributed by atoms with E-state index >= 15 is 0 Å². The third-order valence-electron chi connectivity index (χ3n) is 2.33. The van der Waals surface area contributed by atoms with Crippen molar-refractivity contribution in [3.8, 4) is 0 Å². The van der Waals surface area contributed by atoms with E-state index in [4.69, 9.17) is 5.11 Å². The van der Waals surface area contributed by atoms with Crippen molar-refractivity contribution in [1.82, 2.24) is 5.32 Å². The van der Waals surface area contributed by atoms with Crippen molar-refractivity contribution in [1.29, 1.82) is 0 Å². The Morgan fingerprint density at radius 3 is 2.75 bits per heavy atom. The summed E-state index contributed by atoms with van der Waals surface area (Å²) < 4.78 is 0. The van der Waals surface area contributed by atoms with Crippen molar-refractivity contribution in [3.63, 3.8) is 0 Å². The van der Waals surface area contributed by atoms with E-state index in [2.05, 4.69) is 5.32 Å². The van der Waals surface area contributed by atoms with Crippen molar-refractivity contribution >= 4 is 0 Å². The van der Waals surface area contributed by atoms with Crippen LogP contribution in [0.4, 0.5) is 0 Å². The maximum atomic E-state index is 8.70. The maximum Gasteiger partial charge on any atom is 0.0587 e. The number of hydrogen-bond acceptors (Lipinski definition) is 2. The Morgan fingerprint density at radius 1 is 1.62 bits per heavy atom. The van der Waals surface area contributed by atoms with E-state index in [0.29, 0.717) is 12.6 Å². The molecule has 2 N–H and O–H groups in total. The second-order valence-corrected chi connectivity index (χ2v) is 2.86. The quantitative estimate of drug-likeness (QED) is 0.484. The van der Waals surface area contributed by atoms with Gasteiger partial charge in [0.1, 0.15) is 0 Å². The van der Waals surface area contributed by atoms with Crippen LogP contribution in [0.2, 0.25) is 0 Å². The van der Waals surface area contributed by atoms with Gasteiger partial charge in [-0.2, -0.15) is 0 Å². The lowest BCUT2D eigenvalue weighted by Gasteiger charge is -2.06. The van der Waals surface area contributed by atoms with E-state index in [1.807, 2.05) is 0 Å². The molecule has 8 heavy (non-hydrogen) atoms. The summed E-state index contributed by atoms with van der Waals surface area (Å²) in [5.41, 5.74) is 0. The van der Waals surface area contributed by atoms with Gasteiger partial charge in [0, 0.05) is 6.04 Å². The number of hydrogen-bond donors (Lipinski definition) is 2. The minimum atomic E-state index is 0.334. The van der Waals surface area contributed by atoms with Crippen LogP contribution in [0.15, 0.2) is 0 Å². The predicted molar refractivity (Wildman–Crippen MR) is 30.5 cm³/mol. The zero-order chi connectivity index (χ0) is 5.56. The molecule has 3 atom stereocenters. The third-order valence-corrected chi connectivity index (χ3v) is 2.33. The maximum absolute atomic E-state index is 8.70. The van der Waals surface area contributed by atoms with Crippen molar-refractivity contribution < 1.29 is 5.11 Å². The van der Waals surface area contributed by atoms with E-state index in [-0.39, 0.29) is 0 Å². The van der Waals surface area contributed by atoms with E-state index < -0.39 is 0 Å². The first-order chi connectivity index (χ1) is 3.92. The number of aliphatic hydroxyl groups excluding tert-OH is 1. The summed E-state index contributed by atoms with van der Waals surface area (Å²) in [6.07, 6.45) is 1.36. The van der Waals surface area contributed by atoms with Gasteiger partial charge in [-0.1, -0.05) is 0 Å². The first-order valence-electron chi connectivity index (χ1n) is 3.26. The summed E-state index contributed by atoms with van der Waals surface area (Å²) in [5.74, 6) is 1.76. The highest BCUT2D eigenvalue weighted by atomic mass is 16.3. The molecule has 1 heterocycles. The Bertz CT molecular complexity index is 105. The molecule has 0 aromatic rings. The van der Waals surface area contributed by atoms with E-state index in [1.54, 1.807) is 0 Å². The Labute approximate surface area is 48.9 Å². The summed E-state index contributed by atoms with van der Waals surface area (Å²) in [4.78, 5) is 0. The highest BCUT2D eigenvalue weighted by Gasteiger charge is 2.47. The summed E-state index contributed by atoms with van der Waals surface area (Å²) in [5, 5.41) is 12.0. The van der Waals surface area contributed by atoms with E-state index in [9.17, 15) is 0 Å². The van der Waals surface area contributed by atoms with Gasteiger partial charge in [-0.25, -0.2) is 0 Å². The lowest BCUT2D eigenvalue weighted by molar-refractivity contribution is 0.242. The molecule has 2 fully saturated rings. The zero-order valence-corrected chi connectivity index (χ0v) is 4.80. The predicted octanol–water partition coefficient (Wildman–Crippen LogP) is -0.413. The minimum absolute atomic E-state index is 0.334. The summed E-state index contributed by atoms with van der Waals surface area (Å²) >= 11 is 0. The number of fused-ring (bicyclic) bond motifs is 1. The van der Waals surface area contributed by atoms with Crippen molar-refractivity contribution in [3.05, 3.63) is 0 Å². The van der Waals surface area contributed by atoms with Crippen LogP contribution in [-0.4, -0.2) is 24.3 Å². The van der Waals surface area contributed by atoms with Gasteiger partial charge in [-0.05, 0) is 24.8 Å². The fourth-order valence-corrected chi connectivity index (χ4v) is 1.65. The van der Waals surface area contributed by atoms with Crippen LogP contribution in [0, 0.1) is 11.8 Å². The molecule has 1 saturated heterocycles. The third kappa shape index (κ3) is 0.501. The molecule has 0 spiro atoms. The number of nitrogens with one attached hydrogen (secondary N) is 1. The molecule has 0 aromatic heterocycles. The summed E-state index contributed by atoms with van der Waals surface area (Å²) in [6, 6.07) is 0.444. The smallest absolute Gasteiger partial charge is 0.0587 e. The second-order valence-electron chi connectivity index (χ2n) is 2.86. The largest absolute Gasteiger partial charge is 0.395 e. The van der Waals surface area contributed by atoms with Crippen LogP contribution in [0.1, 0.15) is 6.42 Å². The molecule has 46 valence electrons. The second kappa shape index (κ2) is 1.45. The monoisotopic (exact) mass is 113 g/mol. The van der Waals surface area contributed by atoms with Crippen molar-refractivity contribution in [2.45, 2.75) is 12.5 Å². The topological polar surface area (TPSA) is 32.3 Å². The van der Waals surface area contributed by atoms with Crippen LogP contribution in [0.3, 0.4) is 0 Å². The number of piperidine rings is 1. The molecule has 1 aliphatic carbocycles. The Balaban J connectivity index is 1.97. The first-order valence-corrected chi connectivity index (χ1v) is 3.26. The van der Waals surface area contributed by atoms with Gasteiger partial charge in [0.25, 0.3) is 0 Å². The van der Waals surface area contributed by atoms with Crippen LogP contribution in [0.5, 0.6) is 0 Å². The Morgan fingerprint density at radius 2 is 2.50 bits per heavy atom. The molecule has 2 heteroatoms. The molecule has 3 unspecified atom stereocenters. The molecule has 2 rings (SSSR count). The average molecular weight is 113 g/mol. The number of rotatable bonds is 1. The number of aliphatic hydroxyl groups is 1. The molecule has 2 aliphatic rings. The van der Waals surface area contributed by atoms with Gasteiger partial charge in [0.2, 0.25) is 0 Å². The van der Waals surface area contributed by atoms with Gasteiger partial charge in [-0.3, -0.25) is 0 Å². The van der Waals surface area contributed by atoms with Crippen molar-refractivity contribution in [2.75, 3.05) is 13.2 Å². The molecule has 1 aliphatic heterocycles. The van der Waals surface area contributed by atoms with Crippen molar-refractivity contribution in [2.24, 2.45) is 11.8 Å². The minimum Gasteiger partial charge on any atom is -0.395 e. The van der Waals surface area contributed by atoms with E-state index in [0.717, 1.165) is 18.4 Å². The molecule has 0 amide bonds. The zero-order valence-electron chi connectivity index (χ0n) is 4.80. The Hall–Kier alpha value is -0.0800. The van der Waals surface area contributed by atoms with Gasteiger partial charge >= 0.3 is 0 Å². The van der Waals surface area contributed by atoms with Gasteiger partial charge in [0.15, 0.2) is 0 Å². The molecule has 2 nitrogen and oxygen atoms in total. The molecule has 0 aromatic carbocycles. The summed E-state index contributed by atoms with van der Waals surface area (Å²) in [6.45, 7) is 1.48. The van der Waals surface area contributed by atoms with Gasteiger partial charge < -0.3 is 10.4 Å². The standard InChI is InChI=1S/C6H11NO/c8-3-6-5-1-4(5)2-7-6/h4-8H,1-3H2. The normalized spacial score (nSPS) is 51.4. The highest BCUT2D eigenvalue weighted by Crippen LogP contribution is 2.44. The average Bonchev–Trinajstić information content (AvgIpc) is 2.46. The SMILES string of the molecule is OCC1NCC2CC21. The molecule has 0 bridgehead atoms. The Kier molecular flexibility index (Phi) is 0.866. The van der Waals surface area contributed by atoms with Gasteiger partial charge in [0.05, 0.1) is 6.61 Å². The van der Waals surface area contributed by atoms with Crippen LogP contribution < -0.4 is 5.32 Å². The molecule has 0 radical (unpaired) electrons. The molecule has 1 saturated carbocycles. The lowest BCUT2D eigenvalue weighted by Crippen LogP contribution is -2.29. The highest BCUT2D eigenvalue weighted by molar-refractivity contribution is 5.01. The van der Waals surface area contributed by atoms with Crippen LogP contribution in [-0.2, 0) is 0 Å². The lowest BCUT2D eigenvalue weighted by atomic mass is 10.2. The fourth-order valence-electron chi connectivity index (χ4n) is 1.65. The molecular weight excluding hydrogens is 102 g/mol. The van der Waals surface area contributed by atoms with Gasteiger partial charge in [-0.15, -0.1) is 0 Å². The first kappa shape index (κ1) is 4.77. The molecular formula is C6H11NO. The fraction of sp³-hybridized carbons (Fsp3) is 1.00. The van der Waals surface area contributed by atoms with Crippen LogP contribution in [0.25, 0.3) is 0 Å². The van der Waals surface area contributed by atoms with E-state index in [1.165, 1.54) is 6.42 Å². The summed E-state index contributed by atoms with van der Waals surface area (Å²) in [7, 11) is 0.